The van der Waals surface area contributed by atoms with E-state index in [0.29, 0.717) is 63.8 Å². The first-order chi connectivity index (χ1) is 19.7. The molecule has 7 nitrogen and oxygen atoms in total. The van der Waals surface area contributed by atoms with E-state index >= 15 is 0 Å². The molecule has 3 amide bonds. The summed E-state index contributed by atoms with van der Waals surface area (Å²) in [6.45, 7) is 1.48. The fourth-order valence-electron chi connectivity index (χ4n) is 6.79. The molecule has 1 N–H and O–H groups in total. The molecule has 1 saturated heterocycles. The van der Waals surface area contributed by atoms with E-state index in [4.69, 9.17) is 11.6 Å². The Kier molecular flexibility index (Phi) is 7.46. The van der Waals surface area contributed by atoms with Gasteiger partial charge in [0.2, 0.25) is 11.8 Å². The van der Waals surface area contributed by atoms with E-state index in [9.17, 15) is 27.6 Å². The number of amides is 3. The lowest BCUT2D eigenvalue weighted by molar-refractivity contribution is -0.136. The largest absolute Gasteiger partial charge is 0.349 e. The normalized spacial score (nSPS) is 23.7. The molecule has 2 saturated carbocycles. The zero-order valence-electron chi connectivity index (χ0n) is 22.6. The van der Waals surface area contributed by atoms with Crippen LogP contribution in [-0.4, -0.2) is 53.3 Å². The zero-order valence-corrected chi connectivity index (χ0v) is 23.3. The smallest absolute Gasteiger partial charge is 0.281 e. The number of piperidine rings is 1. The summed E-state index contributed by atoms with van der Waals surface area (Å²) in [4.78, 5) is 46.6. The lowest BCUT2D eigenvalue weighted by Gasteiger charge is -2.39. The van der Waals surface area contributed by atoms with Crippen LogP contribution in [-0.2, 0) is 15.0 Å². The number of hydrogen-bond donors (Lipinski definition) is 1. The van der Waals surface area contributed by atoms with Crippen molar-refractivity contribution in [1.82, 2.24) is 15.2 Å². The second kappa shape index (κ2) is 10.9. The number of hydrogen-bond acceptors (Lipinski definition) is 4. The number of nitrogens with one attached hydrogen (secondary N) is 1. The minimum atomic E-state index is -2.90. The monoisotopic (exact) mass is 588 g/mol. The summed E-state index contributed by atoms with van der Waals surface area (Å²) in [5.41, 5.74) is -0.127. The molecule has 41 heavy (non-hydrogen) atoms. The van der Waals surface area contributed by atoms with E-state index in [0.717, 1.165) is 24.6 Å². The summed E-state index contributed by atoms with van der Waals surface area (Å²) in [5, 5.41) is 2.95. The molecule has 0 atom stereocenters. The van der Waals surface area contributed by atoms with Crippen molar-refractivity contribution in [2.45, 2.75) is 69.2 Å². The zero-order chi connectivity index (χ0) is 28.9. The van der Waals surface area contributed by atoms with Crippen LogP contribution in [0, 0.1) is 17.7 Å². The minimum absolute atomic E-state index is 0.0277. The Labute approximate surface area is 241 Å². The third kappa shape index (κ3) is 5.31. The molecule has 1 aromatic carbocycles. The van der Waals surface area contributed by atoms with Gasteiger partial charge in [-0.25, -0.2) is 13.2 Å². The number of rotatable bonds is 6. The van der Waals surface area contributed by atoms with Crippen LogP contribution in [0.3, 0.4) is 0 Å². The Morgan fingerprint density at radius 3 is 2.44 bits per heavy atom. The Morgan fingerprint density at radius 2 is 1.78 bits per heavy atom. The summed E-state index contributed by atoms with van der Waals surface area (Å²) in [6.07, 6.45) is 3.79. The fourth-order valence-corrected chi connectivity index (χ4v) is 6.95. The van der Waals surface area contributed by atoms with Gasteiger partial charge in [-0.2, -0.15) is 0 Å². The number of carbonyl (C=O) groups excluding carboxylic acids is 3. The first-order valence-electron chi connectivity index (χ1n) is 14.3. The van der Waals surface area contributed by atoms with Crippen molar-refractivity contribution < 1.29 is 27.6 Å². The van der Waals surface area contributed by atoms with Crippen molar-refractivity contribution in [3.63, 3.8) is 0 Å². The van der Waals surface area contributed by atoms with Crippen molar-refractivity contribution >= 4 is 35.0 Å². The fraction of sp³-hybridized carbons (Fsp3) is 0.533. The molecule has 2 aliphatic heterocycles. The number of benzene rings is 1. The maximum atomic E-state index is 14.4. The molecule has 0 unspecified atom stereocenters. The van der Waals surface area contributed by atoms with Gasteiger partial charge < -0.3 is 15.1 Å². The van der Waals surface area contributed by atoms with Gasteiger partial charge in [0.25, 0.3) is 12.3 Å². The van der Waals surface area contributed by atoms with Crippen molar-refractivity contribution in [3.05, 3.63) is 58.1 Å². The first-order valence-corrected chi connectivity index (χ1v) is 14.7. The van der Waals surface area contributed by atoms with Crippen molar-refractivity contribution in [3.8, 4) is 0 Å². The number of aromatic nitrogens is 1. The quantitative estimate of drug-likeness (QED) is 0.489. The van der Waals surface area contributed by atoms with E-state index in [1.807, 2.05) is 4.90 Å². The third-order valence-electron chi connectivity index (χ3n) is 9.24. The van der Waals surface area contributed by atoms with Crippen LogP contribution in [0.15, 0.2) is 30.5 Å². The van der Waals surface area contributed by atoms with Crippen molar-refractivity contribution in [2.24, 2.45) is 11.8 Å². The van der Waals surface area contributed by atoms with Gasteiger partial charge in [0.1, 0.15) is 11.5 Å². The van der Waals surface area contributed by atoms with Crippen LogP contribution in [0.25, 0.3) is 0 Å². The van der Waals surface area contributed by atoms with Gasteiger partial charge in [-0.05, 0) is 81.0 Å². The molecule has 0 radical (unpaired) electrons. The molecule has 11 heteroatoms. The average molecular weight is 589 g/mol. The average Bonchev–Trinajstić information content (AvgIpc) is 3.79. The van der Waals surface area contributed by atoms with E-state index in [1.54, 1.807) is 11.0 Å². The standard InChI is InChI=1S/C30H32ClF3N4O3/c31-19-13-22(25(26(33)34)35-15-19)27(39)36-21-6-1-17(2-7-21)16-38-24-14-20(32)5-8-23(24)30(29(38)41)9-11-37(12-10-30)28(40)18-3-4-18/h5,8,13-15,17-18,21,26H,1-4,6-7,9-12,16H2,(H,36,39)/t17-,21-. The Hall–Kier alpha value is -3.14. The highest BCUT2D eigenvalue weighted by Crippen LogP contribution is 2.49. The molecule has 4 aliphatic rings. The molecule has 3 fully saturated rings. The van der Waals surface area contributed by atoms with Crippen LogP contribution < -0.4 is 10.2 Å². The first kappa shape index (κ1) is 28.0. The molecular weight excluding hydrogens is 557 g/mol. The van der Waals surface area contributed by atoms with Gasteiger partial charge in [0, 0.05) is 37.8 Å². The van der Waals surface area contributed by atoms with E-state index in [1.165, 1.54) is 18.2 Å². The summed E-state index contributed by atoms with van der Waals surface area (Å²) >= 11 is 5.90. The van der Waals surface area contributed by atoms with Gasteiger partial charge >= 0.3 is 0 Å². The summed E-state index contributed by atoms with van der Waals surface area (Å²) < 4.78 is 41.1. The highest BCUT2D eigenvalue weighted by molar-refractivity contribution is 6.30. The molecule has 2 aliphatic carbocycles. The number of nitrogens with zero attached hydrogens (tertiary/aromatic N) is 3. The van der Waals surface area contributed by atoms with Crippen LogP contribution in [0.4, 0.5) is 18.9 Å². The summed E-state index contributed by atoms with van der Waals surface area (Å²) in [6, 6.07) is 5.57. The molecule has 218 valence electrons. The number of fused-ring (bicyclic) bond motifs is 2. The molecule has 6 rings (SSSR count). The maximum absolute atomic E-state index is 14.4. The van der Waals surface area contributed by atoms with Crippen molar-refractivity contribution in [2.75, 3.05) is 24.5 Å². The lowest BCUT2D eigenvalue weighted by Crippen LogP contribution is -2.51. The molecule has 1 aromatic heterocycles. The lowest BCUT2D eigenvalue weighted by atomic mass is 9.73. The SMILES string of the molecule is O=C(N[C@H]1CC[C@H](CN2C(=O)C3(CCN(C(=O)C4CC4)CC3)c3ccc(F)cc32)CC1)c1cc(Cl)cnc1C(F)F. The van der Waals surface area contributed by atoms with Crippen molar-refractivity contribution in [1.29, 1.82) is 0 Å². The number of alkyl halides is 2. The van der Waals surface area contributed by atoms with E-state index in [2.05, 4.69) is 10.3 Å². The van der Waals surface area contributed by atoms with Crippen LogP contribution in [0.2, 0.25) is 5.02 Å². The van der Waals surface area contributed by atoms with Gasteiger partial charge in [-0.15, -0.1) is 0 Å². The molecule has 0 bridgehead atoms. The molecule has 3 heterocycles. The second-order valence-electron chi connectivity index (χ2n) is 11.8. The van der Waals surface area contributed by atoms with Crippen LogP contribution >= 0.6 is 11.6 Å². The highest BCUT2D eigenvalue weighted by atomic mass is 35.5. The summed E-state index contributed by atoms with van der Waals surface area (Å²) in [5.74, 6) is -0.604. The van der Waals surface area contributed by atoms with Gasteiger partial charge in [0.05, 0.1) is 21.7 Å². The molecule has 1 spiro atoms. The number of likely N-dealkylation sites (tertiary alicyclic amines) is 1. The topological polar surface area (TPSA) is 82.6 Å². The number of carbonyl (C=O) groups is 3. The Balaban J connectivity index is 1.11. The van der Waals surface area contributed by atoms with Crippen LogP contribution in [0.5, 0.6) is 0 Å². The third-order valence-corrected chi connectivity index (χ3v) is 9.44. The number of pyridine rings is 1. The Bertz CT molecular complexity index is 1370. The van der Waals surface area contributed by atoms with Gasteiger partial charge in [0.15, 0.2) is 0 Å². The predicted octanol–water partition coefficient (Wildman–Crippen LogP) is 5.42. The number of anilines is 1. The minimum Gasteiger partial charge on any atom is -0.349 e. The molecule has 2 aromatic rings. The Morgan fingerprint density at radius 1 is 1.07 bits per heavy atom. The van der Waals surface area contributed by atoms with Gasteiger partial charge in [-0.3, -0.25) is 19.4 Å². The summed E-state index contributed by atoms with van der Waals surface area (Å²) in [7, 11) is 0. The van der Waals surface area contributed by atoms with E-state index < -0.39 is 29.3 Å². The van der Waals surface area contributed by atoms with Crippen LogP contribution in [0.1, 0.15) is 79.4 Å². The number of halogens is 4. The highest BCUT2D eigenvalue weighted by Gasteiger charge is 2.53. The van der Waals surface area contributed by atoms with E-state index in [-0.39, 0.29) is 40.3 Å². The predicted molar refractivity (Wildman–Crippen MR) is 146 cm³/mol. The molecular formula is C30H32ClF3N4O3. The second-order valence-corrected chi connectivity index (χ2v) is 12.3. The van der Waals surface area contributed by atoms with Gasteiger partial charge in [-0.1, -0.05) is 17.7 Å². The maximum Gasteiger partial charge on any atom is 0.281 e.